The fourth-order valence-electron chi connectivity index (χ4n) is 2.70. The molecule has 2 rings (SSSR count). The van der Waals surface area contributed by atoms with Crippen molar-refractivity contribution in [3.63, 3.8) is 0 Å². The molecule has 1 aliphatic heterocycles. The van der Waals surface area contributed by atoms with Crippen molar-refractivity contribution in [2.45, 2.75) is 26.3 Å². The van der Waals surface area contributed by atoms with E-state index >= 15 is 0 Å². The molecule has 0 bridgehead atoms. The van der Waals surface area contributed by atoms with Crippen molar-refractivity contribution < 1.29 is 32.2 Å². The minimum Gasteiger partial charge on any atom is -0.490 e. The lowest BCUT2D eigenvalue weighted by molar-refractivity contribution is -0.143. The van der Waals surface area contributed by atoms with Gasteiger partial charge in [0.2, 0.25) is 0 Å². The highest BCUT2D eigenvalue weighted by atomic mass is 32.2. The van der Waals surface area contributed by atoms with Crippen molar-refractivity contribution in [3.8, 4) is 11.5 Å². The van der Waals surface area contributed by atoms with Gasteiger partial charge < -0.3 is 19.5 Å². The molecule has 9 heteroatoms. The van der Waals surface area contributed by atoms with E-state index in [0.717, 1.165) is 0 Å². The van der Waals surface area contributed by atoms with Crippen LogP contribution in [0, 0.1) is 0 Å². The number of rotatable bonds is 9. The van der Waals surface area contributed by atoms with Gasteiger partial charge in [0.1, 0.15) is 0 Å². The van der Waals surface area contributed by atoms with Gasteiger partial charge in [-0.05, 0) is 44.0 Å². The molecule has 1 atom stereocenters. The zero-order chi connectivity index (χ0) is 20.6. The van der Waals surface area contributed by atoms with E-state index in [9.17, 15) is 18.0 Å². The van der Waals surface area contributed by atoms with Gasteiger partial charge in [-0.25, -0.2) is 13.2 Å². The summed E-state index contributed by atoms with van der Waals surface area (Å²) in [6.45, 7) is 4.26. The van der Waals surface area contributed by atoms with E-state index in [1.54, 1.807) is 24.3 Å². The maximum atomic E-state index is 11.8. The summed E-state index contributed by atoms with van der Waals surface area (Å²) >= 11 is 0. The van der Waals surface area contributed by atoms with E-state index < -0.39 is 34.4 Å². The number of nitrogens with one attached hydrogen (secondary N) is 1. The summed E-state index contributed by atoms with van der Waals surface area (Å²) in [7, 11) is -3.08. The molecule has 28 heavy (non-hydrogen) atoms. The maximum Gasteiger partial charge on any atom is 0.331 e. The van der Waals surface area contributed by atoms with Gasteiger partial charge >= 0.3 is 5.97 Å². The standard InChI is InChI=1S/C19H25NO7S/c1-3-25-16-7-5-14(11-17(16)26-4-2)6-8-19(22)27-12-18(21)20-15-9-10-28(23,24)13-15/h5-8,11,15H,3-4,9-10,12-13H2,1-2H3,(H,20,21)/b8-6+/t15-/m0/s1. The SMILES string of the molecule is CCOc1ccc(/C=C/C(=O)OCC(=O)N[C@H]2CCS(=O)(=O)C2)cc1OCC. The summed E-state index contributed by atoms with van der Waals surface area (Å²) in [5.74, 6) is -0.0243. The van der Waals surface area contributed by atoms with Gasteiger partial charge in [0.15, 0.2) is 27.9 Å². The van der Waals surface area contributed by atoms with E-state index in [1.165, 1.54) is 6.08 Å². The van der Waals surface area contributed by atoms with E-state index in [1.807, 2.05) is 13.8 Å². The Morgan fingerprint density at radius 2 is 1.89 bits per heavy atom. The molecule has 8 nitrogen and oxygen atoms in total. The third-order valence-corrected chi connectivity index (χ3v) is 5.69. The van der Waals surface area contributed by atoms with Crippen LogP contribution in [0.3, 0.4) is 0 Å². The van der Waals surface area contributed by atoms with E-state index in [4.69, 9.17) is 14.2 Å². The third-order valence-electron chi connectivity index (χ3n) is 3.92. The zero-order valence-corrected chi connectivity index (χ0v) is 16.8. The normalized spacial score (nSPS) is 18.0. The molecule has 0 unspecified atom stereocenters. The molecule has 0 aromatic heterocycles. The molecule has 0 aliphatic carbocycles. The Hall–Kier alpha value is -2.55. The second-order valence-electron chi connectivity index (χ2n) is 6.18. The second-order valence-corrected chi connectivity index (χ2v) is 8.41. The number of ether oxygens (including phenoxy) is 3. The zero-order valence-electron chi connectivity index (χ0n) is 16.0. The number of benzene rings is 1. The molecular formula is C19H25NO7S. The first-order valence-electron chi connectivity index (χ1n) is 9.07. The van der Waals surface area contributed by atoms with Crippen LogP contribution in [0.15, 0.2) is 24.3 Å². The number of amides is 1. The van der Waals surface area contributed by atoms with Crippen LogP contribution in [0.5, 0.6) is 11.5 Å². The molecule has 1 heterocycles. The minimum atomic E-state index is -3.08. The van der Waals surface area contributed by atoms with Gasteiger partial charge in [-0.2, -0.15) is 0 Å². The average Bonchev–Trinajstić information content (AvgIpc) is 2.98. The Balaban J connectivity index is 1.84. The summed E-state index contributed by atoms with van der Waals surface area (Å²) < 4.78 is 38.6. The molecule has 0 saturated carbocycles. The molecule has 154 valence electrons. The first-order valence-corrected chi connectivity index (χ1v) is 10.9. The highest BCUT2D eigenvalue weighted by molar-refractivity contribution is 7.91. The number of hydrogen-bond donors (Lipinski definition) is 1. The number of carbonyl (C=O) groups is 2. The van der Waals surface area contributed by atoms with Gasteiger partial charge in [0.25, 0.3) is 5.91 Å². The molecule has 1 aromatic carbocycles. The molecule has 0 radical (unpaired) electrons. The van der Waals surface area contributed by atoms with Gasteiger partial charge in [0.05, 0.1) is 24.7 Å². The Labute approximate surface area is 164 Å². The molecule has 1 amide bonds. The van der Waals surface area contributed by atoms with Crippen molar-refractivity contribution >= 4 is 27.8 Å². The van der Waals surface area contributed by atoms with Crippen LogP contribution in [0.4, 0.5) is 0 Å². The highest BCUT2D eigenvalue weighted by Gasteiger charge is 2.28. The van der Waals surface area contributed by atoms with Crippen LogP contribution in [-0.2, 0) is 24.2 Å². The Bertz CT molecular complexity index is 833. The van der Waals surface area contributed by atoms with Gasteiger partial charge in [0, 0.05) is 12.1 Å². The lowest BCUT2D eigenvalue weighted by Crippen LogP contribution is -2.38. The number of carbonyl (C=O) groups excluding carboxylic acids is 2. The van der Waals surface area contributed by atoms with Gasteiger partial charge in [-0.3, -0.25) is 4.79 Å². The lowest BCUT2D eigenvalue weighted by atomic mass is 10.2. The van der Waals surface area contributed by atoms with E-state index in [2.05, 4.69) is 5.32 Å². The summed E-state index contributed by atoms with van der Waals surface area (Å²) in [4.78, 5) is 23.6. The molecule has 0 spiro atoms. The lowest BCUT2D eigenvalue weighted by Gasteiger charge is -2.11. The molecule has 1 fully saturated rings. The topological polar surface area (TPSA) is 108 Å². The van der Waals surface area contributed by atoms with E-state index in [0.29, 0.717) is 36.7 Å². The smallest absolute Gasteiger partial charge is 0.331 e. The fourth-order valence-corrected chi connectivity index (χ4v) is 4.37. The Kier molecular flexibility index (Phi) is 7.86. The molecule has 1 N–H and O–H groups in total. The van der Waals surface area contributed by atoms with Crippen LogP contribution in [0.1, 0.15) is 25.8 Å². The summed E-state index contributed by atoms with van der Waals surface area (Å²) in [5, 5.41) is 2.55. The quantitative estimate of drug-likeness (QED) is 0.483. The van der Waals surface area contributed by atoms with Crippen molar-refractivity contribution in [1.82, 2.24) is 5.32 Å². The molecule has 1 aromatic rings. The number of sulfone groups is 1. The van der Waals surface area contributed by atoms with Crippen molar-refractivity contribution in [2.24, 2.45) is 0 Å². The van der Waals surface area contributed by atoms with Crippen LogP contribution < -0.4 is 14.8 Å². The van der Waals surface area contributed by atoms with Crippen LogP contribution in [0.2, 0.25) is 0 Å². The molecule has 1 aliphatic rings. The third kappa shape index (κ3) is 6.88. The Morgan fingerprint density at radius 1 is 1.18 bits per heavy atom. The van der Waals surface area contributed by atoms with Crippen LogP contribution in [0.25, 0.3) is 6.08 Å². The van der Waals surface area contributed by atoms with Crippen LogP contribution >= 0.6 is 0 Å². The largest absolute Gasteiger partial charge is 0.490 e. The molecular weight excluding hydrogens is 386 g/mol. The summed E-state index contributed by atoms with van der Waals surface area (Å²) in [5.41, 5.74) is 0.712. The predicted molar refractivity (Wildman–Crippen MR) is 104 cm³/mol. The second kappa shape index (κ2) is 10.1. The first-order chi connectivity index (χ1) is 13.3. The van der Waals surface area contributed by atoms with Crippen molar-refractivity contribution in [2.75, 3.05) is 31.3 Å². The summed E-state index contributed by atoms with van der Waals surface area (Å²) in [6.07, 6.45) is 3.13. The van der Waals surface area contributed by atoms with Crippen molar-refractivity contribution in [1.29, 1.82) is 0 Å². The van der Waals surface area contributed by atoms with Gasteiger partial charge in [-0.15, -0.1) is 0 Å². The predicted octanol–water partition coefficient (Wildman–Crippen LogP) is 1.34. The van der Waals surface area contributed by atoms with E-state index in [-0.39, 0.29) is 11.5 Å². The minimum absolute atomic E-state index is 0.0618. The Morgan fingerprint density at radius 3 is 2.54 bits per heavy atom. The fraction of sp³-hybridized carbons (Fsp3) is 0.474. The number of esters is 1. The first kappa shape index (κ1) is 21.7. The number of hydrogen-bond acceptors (Lipinski definition) is 7. The molecule has 1 saturated heterocycles. The maximum absolute atomic E-state index is 11.8. The van der Waals surface area contributed by atoms with Crippen molar-refractivity contribution in [3.05, 3.63) is 29.8 Å². The average molecular weight is 411 g/mol. The summed E-state index contributed by atoms with van der Waals surface area (Å²) in [6, 6.07) is 4.84. The van der Waals surface area contributed by atoms with Gasteiger partial charge in [-0.1, -0.05) is 6.07 Å². The monoisotopic (exact) mass is 411 g/mol. The highest BCUT2D eigenvalue weighted by Crippen LogP contribution is 2.29. The van der Waals surface area contributed by atoms with Crippen LogP contribution in [-0.4, -0.2) is 57.7 Å².